The predicted octanol–water partition coefficient (Wildman–Crippen LogP) is 3.11. The number of nitrogens with zero attached hydrogens (tertiary/aromatic N) is 5. The van der Waals surface area contributed by atoms with Crippen molar-refractivity contribution in [3.05, 3.63) is 48.4 Å². The molecule has 2 aliphatic rings. The van der Waals surface area contributed by atoms with Gasteiger partial charge in [-0.1, -0.05) is 18.2 Å². The van der Waals surface area contributed by atoms with Crippen LogP contribution in [0.15, 0.2) is 42.7 Å². The van der Waals surface area contributed by atoms with Gasteiger partial charge in [-0.15, -0.1) is 10.2 Å². The maximum absolute atomic E-state index is 12.5. The van der Waals surface area contributed by atoms with Crippen molar-refractivity contribution in [2.75, 3.05) is 23.7 Å². The SMILES string of the molecule is O=C(Nc1ccccc1)N1CCC(Nc2cc(C3CC3)nn3cnnc23)CC1. The quantitative estimate of drug-likeness (QED) is 0.729. The highest BCUT2D eigenvalue weighted by Crippen LogP contribution is 2.40. The average molecular weight is 377 g/mol. The molecule has 2 fully saturated rings. The number of aromatic nitrogens is 4. The zero-order valence-electron chi connectivity index (χ0n) is 15.6. The lowest BCUT2D eigenvalue weighted by atomic mass is 10.0. The highest BCUT2D eigenvalue weighted by molar-refractivity contribution is 5.89. The fourth-order valence-electron chi connectivity index (χ4n) is 3.70. The standard InChI is InChI=1S/C20H23N7O/c28-20(23-15-4-2-1-3-5-15)26-10-8-16(9-11-26)22-18-12-17(14-6-7-14)25-27-13-21-24-19(18)27/h1-5,12-14,16,22H,6-11H2,(H,23,28). The van der Waals surface area contributed by atoms with E-state index in [1.54, 1.807) is 10.8 Å². The van der Waals surface area contributed by atoms with Crippen LogP contribution in [-0.2, 0) is 0 Å². The Morgan fingerprint density at radius 1 is 1.07 bits per heavy atom. The zero-order chi connectivity index (χ0) is 18.9. The van der Waals surface area contributed by atoms with E-state index in [9.17, 15) is 4.79 Å². The highest BCUT2D eigenvalue weighted by Gasteiger charge is 2.28. The number of anilines is 2. The molecule has 28 heavy (non-hydrogen) atoms. The summed E-state index contributed by atoms with van der Waals surface area (Å²) >= 11 is 0. The number of carbonyl (C=O) groups excluding carboxylic acids is 1. The van der Waals surface area contributed by atoms with Crippen LogP contribution in [-0.4, -0.2) is 49.9 Å². The molecule has 2 N–H and O–H groups in total. The summed E-state index contributed by atoms with van der Waals surface area (Å²) in [5.41, 5.74) is 3.68. The summed E-state index contributed by atoms with van der Waals surface area (Å²) in [5, 5.41) is 19.4. The Balaban J connectivity index is 1.22. The van der Waals surface area contributed by atoms with Crippen molar-refractivity contribution in [1.29, 1.82) is 0 Å². The second kappa shape index (κ2) is 7.10. The van der Waals surface area contributed by atoms with E-state index in [0.29, 0.717) is 12.0 Å². The van der Waals surface area contributed by atoms with Gasteiger partial charge in [0.05, 0.1) is 11.4 Å². The maximum Gasteiger partial charge on any atom is 0.321 e. The van der Waals surface area contributed by atoms with Crippen molar-refractivity contribution in [2.24, 2.45) is 0 Å². The molecule has 0 unspecified atom stereocenters. The van der Waals surface area contributed by atoms with Crippen LogP contribution < -0.4 is 10.6 Å². The van der Waals surface area contributed by atoms with Gasteiger partial charge in [-0.3, -0.25) is 0 Å². The molecule has 1 aromatic carbocycles. The molecule has 0 radical (unpaired) electrons. The lowest BCUT2D eigenvalue weighted by molar-refractivity contribution is 0.197. The third-order valence-corrected chi connectivity index (χ3v) is 5.45. The number of hydrogen-bond acceptors (Lipinski definition) is 5. The Morgan fingerprint density at radius 2 is 1.86 bits per heavy atom. The minimum atomic E-state index is -0.0376. The lowest BCUT2D eigenvalue weighted by Gasteiger charge is -2.33. The first-order chi connectivity index (χ1) is 13.8. The van der Waals surface area contributed by atoms with Crippen molar-refractivity contribution in [2.45, 2.75) is 37.6 Å². The van der Waals surface area contributed by atoms with Crippen LogP contribution in [0.3, 0.4) is 0 Å². The Hall–Kier alpha value is -3.16. The third-order valence-electron chi connectivity index (χ3n) is 5.45. The number of nitrogens with one attached hydrogen (secondary N) is 2. The molecule has 1 aliphatic heterocycles. The van der Waals surface area contributed by atoms with Crippen LogP contribution in [0.25, 0.3) is 5.65 Å². The maximum atomic E-state index is 12.5. The molecule has 1 aliphatic carbocycles. The number of rotatable bonds is 4. The van der Waals surface area contributed by atoms with E-state index in [4.69, 9.17) is 0 Å². The van der Waals surface area contributed by atoms with Gasteiger partial charge in [0.25, 0.3) is 0 Å². The highest BCUT2D eigenvalue weighted by atomic mass is 16.2. The Bertz CT molecular complexity index is 975. The van der Waals surface area contributed by atoms with Crippen molar-refractivity contribution in [3.63, 3.8) is 0 Å². The summed E-state index contributed by atoms with van der Waals surface area (Å²) in [6, 6.07) is 12.0. The van der Waals surface area contributed by atoms with Crippen LogP contribution >= 0.6 is 0 Å². The Labute approximate surface area is 162 Å². The summed E-state index contributed by atoms with van der Waals surface area (Å²) in [5.74, 6) is 0.566. The molecule has 1 saturated carbocycles. The smallest absolute Gasteiger partial charge is 0.321 e. The molecule has 0 atom stereocenters. The normalized spacial score (nSPS) is 17.6. The summed E-state index contributed by atoms with van der Waals surface area (Å²) in [7, 11) is 0. The van der Waals surface area contributed by atoms with Crippen molar-refractivity contribution >= 4 is 23.1 Å². The van der Waals surface area contributed by atoms with Crippen molar-refractivity contribution < 1.29 is 4.79 Å². The van der Waals surface area contributed by atoms with E-state index >= 15 is 0 Å². The van der Waals surface area contributed by atoms with E-state index in [1.807, 2.05) is 35.2 Å². The molecule has 2 aromatic heterocycles. The lowest BCUT2D eigenvalue weighted by Crippen LogP contribution is -2.44. The summed E-state index contributed by atoms with van der Waals surface area (Å²) < 4.78 is 1.76. The summed E-state index contributed by atoms with van der Waals surface area (Å²) in [4.78, 5) is 14.3. The Kier molecular flexibility index (Phi) is 4.31. The number of piperidine rings is 1. The van der Waals surface area contributed by atoms with Crippen molar-refractivity contribution in [1.82, 2.24) is 24.7 Å². The first-order valence-corrected chi connectivity index (χ1v) is 9.85. The van der Waals surface area contributed by atoms with Crippen LogP contribution in [0.1, 0.15) is 37.3 Å². The largest absolute Gasteiger partial charge is 0.379 e. The first-order valence-electron chi connectivity index (χ1n) is 9.85. The van der Waals surface area contributed by atoms with Gasteiger partial charge in [0.15, 0.2) is 0 Å². The average Bonchev–Trinajstić information content (AvgIpc) is 3.46. The monoisotopic (exact) mass is 377 g/mol. The summed E-state index contributed by atoms with van der Waals surface area (Å²) in [6.07, 6.45) is 5.85. The number of amides is 2. The van der Waals surface area contributed by atoms with Gasteiger partial charge in [0.2, 0.25) is 5.65 Å². The molecule has 1 saturated heterocycles. The number of benzene rings is 1. The molecule has 8 heteroatoms. The van der Waals surface area contributed by atoms with E-state index in [-0.39, 0.29) is 6.03 Å². The number of fused-ring (bicyclic) bond motifs is 1. The van der Waals surface area contributed by atoms with Gasteiger partial charge < -0.3 is 15.5 Å². The Morgan fingerprint density at radius 3 is 2.61 bits per heavy atom. The molecular weight excluding hydrogens is 354 g/mol. The second-order valence-corrected chi connectivity index (χ2v) is 7.56. The third kappa shape index (κ3) is 3.49. The van der Waals surface area contributed by atoms with Crippen molar-refractivity contribution in [3.8, 4) is 0 Å². The molecule has 5 rings (SSSR count). The summed E-state index contributed by atoms with van der Waals surface area (Å²) in [6.45, 7) is 1.44. The van der Waals surface area contributed by atoms with Gasteiger partial charge in [-0.2, -0.15) is 9.61 Å². The van der Waals surface area contributed by atoms with Crippen LogP contribution in [0.4, 0.5) is 16.2 Å². The molecule has 144 valence electrons. The van der Waals surface area contributed by atoms with Gasteiger partial charge in [0, 0.05) is 30.7 Å². The number of carbonyl (C=O) groups is 1. The van der Waals surface area contributed by atoms with E-state index < -0.39 is 0 Å². The molecule has 0 spiro atoms. The van der Waals surface area contributed by atoms with Crippen LogP contribution in [0.5, 0.6) is 0 Å². The predicted molar refractivity (Wildman–Crippen MR) is 106 cm³/mol. The topological polar surface area (TPSA) is 87.5 Å². The van der Waals surface area contributed by atoms with E-state index in [2.05, 4.69) is 32.0 Å². The second-order valence-electron chi connectivity index (χ2n) is 7.56. The molecule has 2 amide bonds. The van der Waals surface area contributed by atoms with E-state index in [1.165, 1.54) is 12.8 Å². The van der Waals surface area contributed by atoms with Crippen LogP contribution in [0, 0.1) is 0 Å². The zero-order valence-corrected chi connectivity index (χ0v) is 15.6. The number of likely N-dealkylation sites (tertiary alicyclic amines) is 1. The van der Waals surface area contributed by atoms with Gasteiger partial charge >= 0.3 is 6.03 Å². The minimum absolute atomic E-state index is 0.0376. The van der Waals surface area contributed by atoms with Gasteiger partial charge in [0.1, 0.15) is 6.33 Å². The number of hydrogen-bond donors (Lipinski definition) is 2. The first kappa shape index (κ1) is 17.0. The number of para-hydroxylation sites is 1. The molecular formula is C20H23N7O. The fraction of sp³-hybridized carbons (Fsp3) is 0.400. The molecule has 8 nitrogen and oxygen atoms in total. The molecule has 3 heterocycles. The molecule has 3 aromatic rings. The molecule has 0 bridgehead atoms. The van der Waals surface area contributed by atoms with E-state index in [0.717, 1.165) is 48.6 Å². The van der Waals surface area contributed by atoms with Gasteiger partial charge in [-0.05, 0) is 43.9 Å². The van der Waals surface area contributed by atoms with Crippen LogP contribution in [0.2, 0.25) is 0 Å². The van der Waals surface area contributed by atoms with Gasteiger partial charge in [-0.25, -0.2) is 4.79 Å². The minimum Gasteiger partial charge on any atom is -0.379 e. The number of urea groups is 1. The fourth-order valence-corrected chi connectivity index (χ4v) is 3.70.